The van der Waals surface area contributed by atoms with Gasteiger partial charge in [-0.05, 0) is 47.9 Å². The van der Waals surface area contributed by atoms with E-state index in [-0.39, 0.29) is 19.3 Å². The average Bonchev–Trinajstić information content (AvgIpc) is 3.15. The average molecular weight is 368 g/mol. The van der Waals surface area contributed by atoms with Crippen molar-refractivity contribution in [1.82, 2.24) is 5.43 Å². The van der Waals surface area contributed by atoms with E-state index in [9.17, 15) is 4.79 Å². The molecular weight excluding hydrogens is 348 g/mol. The zero-order valence-corrected chi connectivity index (χ0v) is 14.9. The Morgan fingerprint density at radius 2 is 2.07 bits per heavy atom. The summed E-state index contributed by atoms with van der Waals surface area (Å²) in [6, 6.07) is 10.9. The molecule has 27 heavy (non-hydrogen) atoms. The van der Waals surface area contributed by atoms with Crippen LogP contribution in [0.2, 0.25) is 0 Å². The van der Waals surface area contributed by atoms with Crippen molar-refractivity contribution in [2.75, 3.05) is 20.5 Å². The van der Waals surface area contributed by atoms with Gasteiger partial charge in [-0.1, -0.05) is 12.1 Å². The van der Waals surface area contributed by atoms with Crippen molar-refractivity contribution in [2.45, 2.75) is 6.42 Å². The first-order valence-electron chi connectivity index (χ1n) is 8.32. The van der Waals surface area contributed by atoms with E-state index in [1.165, 1.54) is 6.21 Å². The van der Waals surface area contributed by atoms with E-state index in [2.05, 4.69) is 17.1 Å². The number of nitrogens with one attached hydrogen (secondary N) is 1. The molecule has 1 aliphatic rings. The van der Waals surface area contributed by atoms with Gasteiger partial charge in [0.25, 0.3) is 5.91 Å². The van der Waals surface area contributed by atoms with Gasteiger partial charge in [0.05, 0.1) is 13.3 Å². The second-order valence-electron chi connectivity index (χ2n) is 5.67. The summed E-state index contributed by atoms with van der Waals surface area (Å²) in [6.07, 6.45) is 4.05. The highest BCUT2D eigenvalue weighted by Crippen LogP contribution is 2.32. The van der Waals surface area contributed by atoms with Gasteiger partial charge in [-0.3, -0.25) is 4.79 Å². The standard InChI is InChI=1S/C20H20N2O5/c1-3-4-14-5-7-16(18(9-14)24-2)25-12-20(23)22-21-11-15-6-8-17-19(10-15)27-13-26-17/h3,5-11H,1,4,12-13H2,2H3,(H,22,23)/b21-11-. The molecule has 0 saturated heterocycles. The fourth-order valence-corrected chi connectivity index (χ4v) is 2.47. The van der Waals surface area contributed by atoms with Gasteiger partial charge >= 0.3 is 0 Å². The van der Waals surface area contributed by atoms with Crippen molar-refractivity contribution < 1.29 is 23.7 Å². The Hall–Kier alpha value is -3.48. The van der Waals surface area contributed by atoms with Gasteiger partial charge in [0.2, 0.25) is 6.79 Å². The Morgan fingerprint density at radius 1 is 1.22 bits per heavy atom. The third kappa shape index (κ3) is 4.78. The highest BCUT2D eigenvalue weighted by atomic mass is 16.7. The second kappa shape index (κ2) is 8.75. The Balaban J connectivity index is 1.51. The molecule has 0 atom stereocenters. The number of hydrazone groups is 1. The Kier molecular flexibility index (Phi) is 5.94. The number of carbonyl (C=O) groups is 1. The van der Waals surface area contributed by atoms with E-state index >= 15 is 0 Å². The van der Waals surface area contributed by atoms with Gasteiger partial charge in [0, 0.05) is 0 Å². The number of benzene rings is 2. The molecule has 1 amide bonds. The molecule has 1 aliphatic heterocycles. The smallest absolute Gasteiger partial charge is 0.277 e. The van der Waals surface area contributed by atoms with Crippen LogP contribution in [0, 0.1) is 0 Å². The van der Waals surface area contributed by atoms with Crippen LogP contribution in [-0.2, 0) is 11.2 Å². The number of methoxy groups -OCH3 is 1. The Labute approximate surface area is 157 Å². The third-order valence-corrected chi connectivity index (χ3v) is 3.77. The van der Waals surface area contributed by atoms with Gasteiger partial charge in [-0.2, -0.15) is 5.10 Å². The zero-order chi connectivity index (χ0) is 19.1. The first-order chi connectivity index (χ1) is 13.2. The summed E-state index contributed by atoms with van der Waals surface area (Å²) in [5.74, 6) is 2.01. The first-order valence-corrected chi connectivity index (χ1v) is 8.32. The topological polar surface area (TPSA) is 78.4 Å². The number of hydrogen-bond acceptors (Lipinski definition) is 6. The second-order valence-corrected chi connectivity index (χ2v) is 5.67. The summed E-state index contributed by atoms with van der Waals surface area (Å²) in [6.45, 7) is 3.73. The maximum Gasteiger partial charge on any atom is 0.277 e. The molecule has 2 aromatic carbocycles. The molecule has 7 nitrogen and oxygen atoms in total. The SMILES string of the molecule is C=CCc1ccc(OCC(=O)N/N=C\c2ccc3c(c2)OCO3)c(OC)c1. The normalized spacial score (nSPS) is 12.0. The third-order valence-electron chi connectivity index (χ3n) is 3.77. The Bertz CT molecular complexity index is 863. The largest absolute Gasteiger partial charge is 0.493 e. The summed E-state index contributed by atoms with van der Waals surface area (Å²) in [7, 11) is 1.55. The monoisotopic (exact) mass is 368 g/mol. The molecule has 0 bridgehead atoms. The van der Waals surface area contributed by atoms with Gasteiger partial charge < -0.3 is 18.9 Å². The molecule has 0 fully saturated rings. The number of carbonyl (C=O) groups excluding carboxylic acids is 1. The van der Waals surface area contributed by atoms with Gasteiger partial charge in [0.15, 0.2) is 29.6 Å². The van der Waals surface area contributed by atoms with E-state index in [1.807, 2.05) is 18.2 Å². The molecule has 0 unspecified atom stereocenters. The van der Waals surface area contributed by atoms with Crippen molar-refractivity contribution in [1.29, 1.82) is 0 Å². The number of ether oxygens (including phenoxy) is 4. The minimum Gasteiger partial charge on any atom is -0.493 e. The maximum atomic E-state index is 11.9. The van der Waals surface area contributed by atoms with Crippen LogP contribution in [0.3, 0.4) is 0 Å². The van der Waals surface area contributed by atoms with Crippen LogP contribution < -0.4 is 24.4 Å². The minimum atomic E-state index is -0.385. The molecule has 3 rings (SSSR count). The maximum absolute atomic E-state index is 11.9. The van der Waals surface area contributed by atoms with Crippen LogP contribution in [0.5, 0.6) is 23.0 Å². The lowest BCUT2D eigenvalue weighted by Crippen LogP contribution is -2.24. The van der Waals surface area contributed by atoms with Gasteiger partial charge in [-0.15, -0.1) is 6.58 Å². The molecule has 0 aliphatic carbocycles. The molecule has 0 aromatic heterocycles. The van der Waals surface area contributed by atoms with Crippen molar-refractivity contribution in [3.8, 4) is 23.0 Å². The molecular formula is C20H20N2O5. The summed E-state index contributed by atoms with van der Waals surface area (Å²) in [5.41, 5.74) is 4.24. The van der Waals surface area contributed by atoms with E-state index < -0.39 is 0 Å². The van der Waals surface area contributed by atoms with Crippen LogP contribution in [-0.4, -0.2) is 32.6 Å². The predicted molar refractivity (Wildman–Crippen MR) is 101 cm³/mol. The quantitative estimate of drug-likeness (QED) is 0.440. The fraction of sp³-hybridized carbons (Fsp3) is 0.200. The Morgan fingerprint density at radius 3 is 2.89 bits per heavy atom. The molecule has 7 heteroatoms. The zero-order valence-electron chi connectivity index (χ0n) is 14.9. The number of amides is 1. The van der Waals surface area contributed by atoms with Crippen LogP contribution in [0.15, 0.2) is 54.2 Å². The van der Waals surface area contributed by atoms with Crippen LogP contribution in [0.4, 0.5) is 0 Å². The molecule has 1 heterocycles. The van der Waals surface area contributed by atoms with Crippen LogP contribution >= 0.6 is 0 Å². The van der Waals surface area contributed by atoms with Crippen molar-refractivity contribution in [3.05, 3.63) is 60.2 Å². The number of allylic oxidation sites excluding steroid dienone is 1. The molecule has 0 saturated carbocycles. The molecule has 140 valence electrons. The molecule has 2 aromatic rings. The van der Waals surface area contributed by atoms with E-state index in [1.54, 1.807) is 31.4 Å². The minimum absolute atomic E-state index is 0.185. The van der Waals surface area contributed by atoms with Gasteiger partial charge in [0.1, 0.15) is 0 Å². The molecule has 0 spiro atoms. The number of rotatable bonds is 8. The number of fused-ring (bicyclic) bond motifs is 1. The number of hydrogen-bond donors (Lipinski definition) is 1. The lowest BCUT2D eigenvalue weighted by molar-refractivity contribution is -0.123. The van der Waals surface area contributed by atoms with E-state index in [0.717, 1.165) is 17.5 Å². The lowest BCUT2D eigenvalue weighted by Gasteiger charge is -2.11. The van der Waals surface area contributed by atoms with Crippen LogP contribution in [0.1, 0.15) is 11.1 Å². The van der Waals surface area contributed by atoms with E-state index in [0.29, 0.717) is 23.0 Å². The van der Waals surface area contributed by atoms with E-state index in [4.69, 9.17) is 18.9 Å². The van der Waals surface area contributed by atoms with Gasteiger partial charge in [-0.25, -0.2) is 5.43 Å². The molecule has 1 N–H and O–H groups in total. The van der Waals surface area contributed by atoms with Crippen molar-refractivity contribution >= 4 is 12.1 Å². The summed E-state index contributed by atoms with van der Waals surface area (Å²) >= 11 is 0. The summed E-state index contributed by atoms with van der Waals surface area (Å²) < 4.78 is 21.3. The summed E-state index contributed by atoms with van der Waals surface area (Å²) in [4.78, 5) is 11.9. The van der Waals surface area contributed by atoms with Crippen molar-refractivity contribution in [3.63, 3.8) is 0 Å². The highest BCUT2D eigenvalue weighted by molar-refractivity contribution is 5.83. The van der Waals surface area contributed by atoms with Crippen LogP contribution in [0.25, 0.3) is 0 Å². The summed E-state index contributed by atoms with van der Waals surface area (Å²) in [5, 5.41) is 3.92. The lowest BCUT2D eigenvalue weighted by atomic mass is 10.1. The number of nitrogens with zero attached hydrogens (tertiary/aromatic N) is 1. The fourth-order valence-electron chi connectivity index (χ4n) is 2.47. The molecule has 0 radical (unpaired) electrons. The first kappa shape index (κ1) is 18.3. The highest BCUT2D eigenvalue weighted by Gasteiger charge is 2.12. The predicted octanol–water partition coefficient (Wildman–Crippen LogP) is 2.68. The van der Waals surface area contributed by atoms with Crippen molar-refractivity contribution in [2.24, 2.45) is 5.10 Å².